The molecule has 0 fully saturated rings. The summed E-state index contributed by atoms with van der Waals surface area (Å²) >= 11 is 0. The fraction of sp³-hybridized carbons (Fsp3) is 0.200. The second-order valence-electron chi connectivity index (χ2n) is 2.63. The van der Waals surface area contributed by atoms with Gasteiger partial charge in [-0.25, -0.2) is 4.79 Å². The van der Waals surface area contributed by atoms with Gasteiger partial charge in [-0.15, -0.1) is 0 Å². The van der Waals surface area contributed by atoms with Crippen LogP contribution in [0.2, 0.25) is 0 Å². The monoisotopic (exact) mass is 207 g/mol. The van der Waals surface area contributed by atoms with Gasteiger partial charge >= 0.3 is 5.97 Å². The van der Waals surface area contributed by atoms with Gasteiger partial charge < -0.3 is 9.47 Å². The standard InChI is InChI=1S/C10H9NO4/c1-7(13)15-9-4-3-8(11-6-12)5-10(9)14-2/h3-5H,1-2H3. The second-order valence-corrected chi connectivity index (χ2v) is 2.63. The third-order valence-corrected chi connectivity index (χ3v) is 1.58. The van der Waals surface area contributed by atoms with E-state index in [-0.39, 0.29) is 5.75 Å². The summed E-state index contributed by atoms with van der Waals surface area (Å²) in [5.74, 6) is 0.177. The van der Waals surface area contributed by atoms with Crippen LogP contribution in [0.3, 0.4) is 0 Å². The highest BCUT2D eigenvalue weighted by atomic mass is 16.6. The third kappa shape index (κ3) is 2.93. The summed E-state index contributed by atoms with van der Waals surface area (Å²) in [4.78, 5) is 24.2. The molecule has 0 saturated heterocycles. The van der Waals surface area contributed by atoms with Crippen LogP contribution >= 0.6 is 0 Å². The minimum Gasteiger partial charge on any atom is -0.493 e. The van der Waals surface area contributed by atoms with Crippen LogP contribution in [0.5, 0.6) is 11.5 Å². The molecule has 1 aromatic carbocycles. The molecule has 0 atom stereocenters. The molecule has 0 bridgehead atoms. The van der Waals surface area contributed by atoms with Crippen LogP contribution in [0.25, 0.3) is 0 Å². The lowest BCUT2D eigenvalue weighted by Crippen LogP contribution is -2.02. The molecule has 1 rings (SSSR count). The van der Waals surface area contributed by atoms with E-state index in [1.807, 2.05) is 0 Å². The zero-order chi connectivity index (χ0) is 11.3. The number of hydrogen-bond acceptors (Lipinski definition) is 5. The summed E-state index contributed by atoms with van der Waals surface area (Å²) in [6.07, 6.45) is 1.41. The van der Waals surface area contributed by atoms with Gasteiger partial charge in [-0.1, -0.05) is 0 Å². The van der Waals surface area contributed by atoms with Crippen molar-refractivity contribution < 1.29 is 19.1 Å². The van der Waals surface area contributed by atoms with E-state index >= 15 is 0 Å². The number of carbonyl (C=O) groups excluding carboxylic acids is 2. The van der Waals surface area contributed by atoms with Gasteiger partial charge in [-0.2, -0.15) is 4.99 Å². The van der Waals surface area contributed by atoms with Crippen molar-refractivity contribution in [3.8, 4) is 11.5 Å². The lowest BCUT2D eigenvalue weighted by Gasteiger charge is -2.07. The molecule has 1 aromatic rings. The lowest BCUT2D eigenvalue weighted by molar-refractivity contribution is -0.132. The molecule has 5 heteroatoms. The Balaban J connectivity index is 3.08. The van der Waals surface area contributed by atoms with Gasteiger partial charge in [0.25, 0.3) is 0 Å². The molecule has 0 amide bonds. The molecule has 0 unspecified atom stereocenters. The van der Waals surface area contributed by atoms with Gasteiger partial charge in [-0.3, -0.25) is 4.79 Å². The Bertz CT molecular complexity index is 421. The van der Waals surface area contributed by atoms with Crippen molar-refractivity contribution in [1.29, 1.82) is 0 Å². The Morgan fingerprint density at radius 1 is 1.40 bits per heavy atom. The largest absolute Gasteiger partial charge is 0.493 e. The molecule has 78 valence electrons. The van der Waals surface area contributed by atoms with Gasteiger partial charge in [0.15, 0.2) is 11.5 Å². The van der Waals surface area contributed by atoms with Crippen molar-refractivity contribution in [3.05, 3.63) is 18.2 Å². The number of rotatable bonds is 3. The highest BCUT2D eigenvalue weighted by Gasteiger charge is 2.07. The first-order valence-electron chi connectivity index (χ1n) is 4.11. The summed E-state index contributed by atoms with van der Waals surface area (Å²) in [6, 6.07) is 4.49. The van der Waals surface area contributed by atoms with E-state index in [1.54, 1.807) is 0 Å². The molecule has 0 spiro atoms. The summed E-state index contributed by atoms with van der Waals surface area (Å²) in [6.45, 7) is 1.29. The molecule has 5 nitrogen and oxygen atoms in total. The van der Waals surface area contributed by atoms with Gasteiger partial charge in [0.05, 0.1) is 12.8 Å². The summed E-state index contributed by atoms with van der Waals surface area (Å²) in [5.41, 5.74) is 0.387. The van der Waals surface area contributed by atoms with Crippen LogP contribution < -0.4 is 9.47 Å². The molecular formula is C10H9NO4. The Morgan fingerprint density at radius 2 is 2.13 bits per heavy atom. The van der Waals surface area contributed by atoms with Crippen LogP contribution in [0.4, 0.5) is 5.69 Å². The molecule has 15 heavy (non-hydrogen) atoms. The molecule has 0 N–H and O–H groups in total. The Kier molecular flexibility index (Phi) is 3.60. The molecule has 0 aliphatic carbocycles. The lowest BCUT2D eigenvalue weighted by atomic mass is 10.3. The van der Waals surface area contributed by atoms with Crippen LogP contribution in [0, 0.1) is 0 Å². The van der Waals surface area contributed by atoms with Gasteiger partial charge in [-0.05, 0) is 12.1 Å². The van der Waals surface area contributed by atoms with Crippen LogP contribution in [0.15, 0.2) is 23.2 Å². The number of nitrogens with zero attached hydrogens (tertiary/aromatic N) is 1. The van der Waals surface area contributed by atoms with E-state index in [0.29, 0.717) is 11.4 Å². The van der Waals surface area contributed by atoms with E-state index in [1.165, 1.54) is 38.3 Å². The fourth-order valence-electron chi connectivity index (χ4n) is 1.02. The van der Waals surface area contributed by atoms with Crippen molar-refractivity contribution in [1.82, 2.24) is 0 Å². The quantitative estimate of drug-likeness (QED) is 0.326. The molecule has 0 saturated carbocycles. The number of esters is 1. The predicted octanol–water partition coefficient (Wildman–Crippen LogP) is 1.59. The van der Waals surface area contributed by atoms with Crippen LogP contribution in [-0.4, -0.2) is 19.2 Å². The van der Waals surface area contributed by atoms with E-state index in [4.69, 9.17) is 9.47 Å². The number of benzene rings is 1. The first-order valence-corrected chi connectivity index (χ1v) is 4.11. The molecule has 0 heterocycles. The average Bonchev–Trinajstić information content (AvgIpc) is 2.20. The van der Waals surface area contributed by atoms with Gasteiger partial charge in [0.2, 0.25) is 6.08 Å². The summed E-state index contributed by atoms with van der Waals surface area (Å²) in [5, 5.41) is 0. The maximum atomic E-state index is 10.7. The van der Waals surface area contributed by atoms with Gasteiger partial charge in [0.1, 0.15) is 0 Å². The van der Waals surface area contributed by atoms with E-state index in [9.17, 15) is 9.59 Å². The highest BCUT2D eigenvalue weighted by Crippen LogP contribution is 2.31. The van der Waals surface area contributed by atoms with Crippen molar-refractivity contribution >= 4 is 17.7 Å². The molecule has 0 radical (unpaired) electrons. The Hall–Kier alpha value is -2.13. The van der Waals surface area contributed by atoms with Crippen molar-refractivity contribution in [2.75, 3.05) is 7.11 Å². The number of methoxy groups -OCH3 is 1. The maximum absolute atomic E-state index is 10.7. The number of ether oxygens (including phenoxy) is 2. The maximum Gasteiger partial charge on any atom is 0.308 e. The van der Waals surface area contributed by atoms with Crippen LogP contribution in [-0.2, 0) is 9.59 Å². The normalized spacial score (nSPS) is 8.93. The zero-order valence-corrected chi connectivity index (χ0v) is 8.31. The van der Waals surface area contributed by atoms with Crippen molar-refractivity contribution in [2.24, 2.45) is 4.99 Å². The fourth-order valence-corrected chi connectivity index (χ4v) is 1.02. The van der Waals surface area contributed by atoms with Crippen LogP contribution in [0.1, 0.15) is 6.92 Å². The molecule has 0 aliphatic rings. The number of carbonyl (C=O) groups is 1. The molecular weight excluding hydrogens is 198 g/mol. The number of aliphatic imine (C=N–C) groups is 1. The zero-order valence-electron chi connectivity index (χ0n) is 8.31. The molecule has 0 aliphatic heterocycles. The smallest absolute Gasteiger partial charge is 0.308 e. The molecule has 0 aromatic heterocycles. The van der Waals surface area contributed by atoms with Crippen molar-refractivity contribution in [2.45, 2.75) is 6.92 Å². The highest BCUT2D eigenvalue weighted by molar-refractivity contribution is 5.71. The summed E-state index contributed by atoms with van der Waals surface area (Å²) < 4.78 is 9.83. The first-order chi connectivity index (χ1) is 7.17. The Morgan fingerprint density at radius 3 is 2.67 bits per heavy atom. The van der Waals surface area contributed by atoms with E-state index < -0.39 is 5.97 Å². The number of hydrogen-bond donors (Lipinski definition) is 0. The Labute approximate surface area is 86.3 Å². The van der Waals surface area contributed by atoms with E-state index in [2.05, 4.69) is 4.99 Å². The van der Waals surface area contributed by atoms with Crippen molar-refractivity contribution in [3.63, 3.8) is 0 Å². The third-order valence-electron chi connectivity index (χ3n) is 1.58. The summed E-state index contributed by atoms with van der Waals surface area (Å²) in [7, 11) is 1.43. The minimum atomic E-state index is -0.445. The SMILES string of the molecule is COc1cc(N=C=O)ccc1OC(C)=O. The van der Waals surface area contributed by atoms with Gasteiger partial charge in [0, 0.05) is 13.0 Å². The predicted molar refractivity (Wildman–Crippen MR) is 52.1 cm³/mol. The topological polar surface area (TPSA) is 65.0 Å². The number of isocyanates is 1. The second kappa shape index (κ2) is 4.93. The van der Waals surface area contributed by atoms with E-state index in [0.717, 1.165) is 0 Å². The minimum absolute atomic E-state index is 0.287. The first kappa shape index (κ1) is 10.9. The average molecular weight is 207 g/mol.